The van der Waals surface area contributed by atoms with Crippen molar-refractivity contribution in [1.29, 1.82) is 0 Å². The smallest absolute Gasteiger partial charge is 0.348 e. The molecule has 2 amide bonds. The summed E-state index contributed by atoms with van der Waals surface area (Å²) in [5.41, 5.74) is 0.417. The average Bonchev–Trinajstić information content (AvgIpc) is 3.18. The first-order chi connectivity index (χ1) is 15.1. The minimum atomic E-state index is -4.53. The van der Waals surface area contributed by atoms with Crippen molar-refractivity contribution in [2.45, 2.75) is 19.6 Å². The number of benzene rings is 2. The number of hydrogen-bond donors (Lipinski definition) is 1. The second-order valence-corrected chi connectivity index (χ2v) is 7.91. The van der Waals surface area contributed by atoms with Gasteiger partial charge < -0.3 is 5.32 Å². The Morgan fingerprint density at radius 3 is 2.62 bits per heavy atom. The van der Waals surface area contributed by atoms with Crippen LogP contribution >= 0.6 is 22.9 Å². The molecule has 1 aromatic heterocycles. The van der Waals surface area contributed by atoms with E-state index in [0.717, 1.165) is 33.9 Å². The Hall–Kier alpha value is -3.17. The van der Waals surface area contributed by atoms with Gasteiger partial charge in [-0.15, -0.1) is 11.3 Å². The second kappa shape index (κ2) is 9.97. The molecule has 0 aliphatic carbocycles. The number of nitrogens with one attached hydrogen (secondary N) is 1. The molecule has 3 rings (SSSR count). The molecule has 0 aliphatic heterocycles. The van der Waals surface area contributed by atoms with Gasteiger partial charge in [0.2, 0.25) is 11.8 Å². The molecule has 32 heavy (non-hydrogen) atoms. The van der Waals surface area contributed by atoms with Gasteiger partial charge in [0, 0.05) is 29.9 Å². The molecule has 10 heteroatoms. The van der Waals surface area contributed by atoms with Crippen molar-refractivity contribution in [1.82, 2.24) is 10.3 Å². The molecule has 0 aliphatic rings. The van der Waals surface area contributed by atoms with E-state index >= 15 is 0 Å². The summed E-state index contributed by atoms with van der Waals surface area (Å²) in [6, 6.07) is 11.5. The van der Waals surface area contributed by atoms with Crippen molar-refractivity contribution in [3.63, 3.8) is 0 Å². The first-order valence-corrected chi connectivity index (χ1v) is 10.5. The predicted molar refractivity (Wildman–Crippen MR) is 119 cm³/mol. The lowest BCUT2D eigenvalue weighted by Crippen LogP contribution is -2.23. The number of anilines is 2. The number of thiazole rings is 1. The largest absolute Gasteiger partial charge is 0.416 e. The van der Waals surface area contributed by atoms with Crippen molar-refractivity contribution < 1.29 is 22.8 Å². The normalized spacial score (nSPS) is 11.5. The highest BCUT2D eigenvalue weighted by Gasteiger charge is 2.31. The molecule has 166 valence electrons. The van der Waals surface area contributed by atoms with Crippen molar-refractivity contribution >= 4 is 51.6 Å². The number of amides is 2. The van der Waals surface area contributed by atoms with Gasteiger partial charge in [-0.25, -0.2) is 4.98 Å². The third kappa shape index (κ3) is 6.18. The zero-order valence-electron chi connectivity index (χ0n) is 16.7. The molecule has 0 saturated heterocycles. The molecule has 1 heterocycles. The molecule has 0 bridgehead atoms. The van der Waals surface area contributed by atoms with Gasteiger partial charge in [-0.3, -0.25) is 14.5 Å². The number of carbonyl (C=O) groups excluding carboxylic acids is 2. The highest BCUT2D eigenvalue weighted by molar-refractivity contribution is 7.14. The average molecular weight is 480 g/mol. The molecule has 2 aromatic carbocycles. The van der Waals surface area contributed by atoms with Gasteiger partial charge >= 0.3 is 6.18 Å². The molecule has 0 spiro atoms. The molecule has 0 unspecified atom stereocenters. The molecule has 1 N–H and O–H groups in total. The van der Waals surface area contributed by atoms with Crippen LogP contribution in [0.5, 0.6) is 0 Å². The van der Waals surface area contributed by atoms with E-state index in [9.17, 15) is 22.8 Å². The van der Waals surface area contributed by atoms with Crippen molar-refractivity contribution in [2.24, 2.45) is 0 Å². The van der Waals surface area contributed by atoms with E-state index in [1.165, 1.54) is 31.2 Å². The van der Waals surface area contributed by atoms with Gasteiger partial charge in [0.1, 0.15) is 0 Å². The maximum atomic E-state index is 13.0. The standard InChI is InChI=1S/C22H17ClF3N3O2S/c1-14(30)29(19-7-3-5-16(11-19)22(24,25)26)21-28-18(13-32-21)8-9-20(31)27-12-15-4-2-6-17(23)10-15/h2-11,13H,12H2,1H3,(H,27,31)/b9-8+. The molecular weight excluding hydrogens is 463 g/mol. The fraction of sp³-hybridized carbons (Fsp3) is 0.136. The van der Waals surface area contributed by atoms with E-state index in [1.54, 1.807) is 23.6 Å². The van der Waals surface area contributed by atoms with Crippen LogP contribution in [0, 0.1) is 0 Å². The number of halogens is 4. The van der Waals surface area contributed by atoms with Crippen LogP contribution in [0.3, 0.4) is 0 Å². The van der Waals surface area contributed by atoms with Gasteiger partial charge in [0.15, 0.2) is 5.13 Å². The summed E-state index contributed by atoms with van der Waals surface area (Å²) in [5.74, 6) is -0.853. The summed E-state index contributed by atoms with van der Waals surface area (Å²) in [7, 11) is 0. The van der Waals surface area contributed by atoms with E-state index in [0.29, 0.717) is 17.3 Å². The van der Waals surface area contributed by atoms with E-state index < -0.39 is 17.6 Å². The van der Waals surface area contributed by atoms with Crippen LogP contribution in [0.4, 0.5) is 24.0 Å². The van der Waals surface area contributed by atoms with E-state index in [-0.39, 0.29) is 16.7 Å². The van der Waals surface area contributed by atoms with Crippen molar-refractivity contribution in [2.75, 3.05) is 4.90 Å². The highest BCUT2D eigenvalue weighted by atomic mass is 35.5. The Bertz CT molecular complexity index is 1160. The van der Waals surface area contributed by atoms with Crippen molar-refractivity contribution in [3.05, 3.63) is 81.8 Å². The number of alkyl halides is 3. The minimum Gasteiger partial charge on any atom is -0.348 e. The second-order valence-electron chi connectivity index (χ2n) is 6.64. The number of nitrogens with zero attached hydrogens (tertiary/aromatic N) is 2. The lowest BCUT2D eigenvalue weighted by molar-refractivity contribution is -0.137. The van der Waals surface area contributed by atoms with E-state index in [1.807, 2.05) is 6.07 Å². The minimum absolute atomic E-state index is 0.0523. The number of carbonyl (C=O) groups is 2. The Kier molecular flexibility index (Phi) is 7.32. The molecule has 3 aromatic rings. The fourth-order valence-corrected chi connectivity index (χ4v) is 3.83. The van der Waals surface area contributed by atoms with Gasteiger partial charge in [0.05, 0.1) is 16.9 Å². The number of aromatic nitrogens is 1. The summed E-state index contributed by atoms with van der Waals surface area (Å²) in [5, 5.41) is 5.07. The van der Waals surface area contributed by atoms with Crippen LogP contribution in [-0.2, 0) is 22.3 Å². The lowest BCUT2D eigenvalue weighted by atomic mass is 10.2. The highest BCUT2D eigenvalue weighted by Crippen LogP contribution is 2.35. The predicted octanol–water partition coefficient (Wildman–Crippen LogP) is 5.83. The van der Waals surface area contributed by atoms with Gasteiger partial charge in [-0.2, -0.15) is 13.2 Å². The van der Waals surface area contributed by atoms with Gasteiger partial charge in [-0.1, -0.05) is 29.8 Å². The van der Waals surface area contributed by atoms with Crippen LogP contribution in [0.2, 0.25) is 5.02 Å². The zero-order chi connectivity index (χ0) is 23.3. The monoisotopic (exact) mass is 479 g/mol. The fourth-order valence-electron chi connectivity index (χ4n) is 2.76. The zero-order valence-corrected chi connectivity index (χ0v) is 18.3. The van der Waals surface area contributed by atoms with E-state index in [4.69, 9.17) is 11.6 Å². The third-order valence-corrected chi connectivity index (χ3v) is 5.29. The number of rotatable bonds is 6. The SMILES string of the molecule is CC(=O)N(c1cccc(C(F)(F)F)c1)c1nc(/C=C/C(=O)NCc2cccc(Cl)c2)cs1. The van der Waals surface area contributed by atoms with Gasteiger partial charge in [-0.05, 0) is 42.0 Å². The number of hydrogen-bond acceptors (Lipinski definition) is 4. The van der Waals surface area contributed by atoms with Crippen LogP contribution in [0.15, 0.2) is 60.0 Å². The lowest BCUT2D eigenvalue weighted by Gasteiger charge is -2.19. The Morgan fingerprint density at radius 1 is 1.19 bits per heavy atom. The van der Waals surface area contributed by atoms with Crippen LogP contribution in [-0.4, -0.2) is 16.8 Å². The molecule has 0 atom stereocenters. The summed E-state index contributed by atoms with van der Waals surface area (Å²) in [6.07, 6.45) is -1.79. The Balaban J connectivity index is 1.71. The Labute approximate surface area is 191 Å². The molecular formula is C22H17ClF3N3O2S. The first-order valence-electron chi connectivity index (χ1n) is 9.27. The first kappa shape index (κ1) is 23.5. The maximum absolute atomic E-state index is 13.0. The third-order valence-electron chi connectivity index (χ3n) is 4.21. The van der Waals surface area contributed by atoms with Crippen LogP contribution < -0.4 is 10.2 Å². The van der Waals surface area contributed by atoms with Gasteiger partial charge in [0.25, 0.3) is 0 Å². The van der Waals surface area contributed by atoms with Crippen LogP contribution in [0.1, 0.15) is 23.7 Å². The maximum Gasteiger partial charge on any atom is 0.416 e. The van der Waals surface area contributed by atoms with Crippen molar-refractivity contribution in [3.8, 4) is 0 Å². The van der Waals surface area contributed by atoms with Crippen LogP contribution in [0.25, 0.3) is 6.08 Å². The molecule has 0 saturated carbocycles. The summed E-state index contributed by atoms with van der Waals surface area (Å²) >= 11 is 6.98. The van der Waals surface area contributed by atoms with E-state index in [2.05, 4.69) is 10.3 Å². The molecule has 5 nitrogen and oxygen atoms in total. The summed E-state index contributed by atoms with van der Waals surface area (Å²) in [6.45, 7) is 1.53. The molecule has 0 fully saturated rings. The topological polar surface area (TPSA) is 62.3 Å². The quantitative estimate of drug-likeness (QED) is 0.452. The summed E-state index contributed by atoms with van der Waals surface area (Å²) < 4.78 is 39.1. The molecule has 0 radical (unpaired) electrons. The summed E-state index contributed by atoms with van der Waals surface area (Å²) in [4.78, 5) is 29.5. The Morgan fingerprint density at radius 2 is 1.94 bits per heavy atom.